The van der Waals surface area contributed by atoms with Crippen LogP contribution in [0.2, 0.25) is 0 Å². The van der Waals surface area contributed by atoms with Crippen molar-refractivity contribution < 1.29 is 19.8 Å². The van der Waals surface area contributed by atoms with Gasteiger partial charge in [-0.3, -0.25) is 4.79 Å². The van der Waals surface area contributed by atoms with E-state index in [1.54, 1.807) is 24.8 Å². The van der Waals surface area contributed by atoms with Crippen LogP contribution in [0.15, 0.2) is 21.7 Å². The van der Waals surface area contributed by atoms with Crippen LogP contribution >= 0.6 is 23.5 Å². The third kappa shape index (κ3) is 4.09. The lowest BCUT2D eigenvalue weighted by Gasteiger charge is -2.46. The first-order valence-electron chi connectivity index (χ1n) is 10.1. The minimum Gasteiger partial charge on any atom is -0.477 e. The smallest absolute Gasteiger partial charge is 0.353 e. The molecule has 0 bridgehead atoms. The first-order chi connectivity index (χ1) is 14.7. The second kappa shape index (κ2) is 8.49. The summed E-state index contributed by atoms with van der Waals surface area (Å²) < 4.78 is 0. The van der Waals surface area contributed by atoms with Crippen LogP contribution in [0, 0.1) is 11.8 Å². The predicted molar refractivity (Wildman–Crippen MR) is 119 cm³/mol. The average Bonchev–Trinajstić information content (AvgIpc) is 3.21. The monoisotopic (exact) mass is 466 g/mol. The number of hydrogen-bond acceptors (Lipinski definition) is 10. The highest BCUT2D eigenvalue weighted by Crippen LogP contribution is 2.51. The van der Waals surface area contributed by atoms with Gasteiger partial charge in [-0.25, -0.2) is 9.78 Å². The number of fused-ring (bicyclic) bond motifs is 1. The van der Waals surface area contributed by atoms with Crippen molar-refractivity contribution in [2.45, 2.75) is 48.7 Å². The molecule has 0 saturated carbocycles. The second-order valence-electron chi connectivity index (χ2n) is 8.15. The van der Waals surface area contributed by atoms with Crippen LogP contribution in [-0.2, 0) is 9.59 Å². The van der Waals surface area contributed by atoms with E-state index >= 15 is 0 Å². The number of anilines is 2. The van der Waals surface area contributed by atoms with Crippen molar-refractivity contribution in [3.63, 3.8) is 0 Å². The van der Waals surface area contributed by atoms with Crippen LogP contribution < -0.4 is 16.8 Å². The summed E-state index contributed by atoms with van der Waals surface area (Å²) in [6.45, 7) is 4.27. The van der Waals surface area contributed by atoms with Gasteiger partial charge < -0.3 is 31.9 Å². The van der Waals surface area contributed by atoms with Crippen molar-refractivity contribution in [3.05, 3.63) is 16.7 Å². The molecule has 1 amide bonds. The first-order valence-corrected chi connectivity index (χ1v) is 11.9. The Balaban J connectivity index is 1.40. The van der Waals surface area contributed by atoms with E-state index in [0.29, 0.717) is 5.82 Å². The Morgan fingerprint density at radius 3 is 2.81 bits per heavy atom. The Morgan fingerprint density at radius 2 is 2.16 bits per heavy atom. The number of nitrogens with one attached hydrogen (secondary N) is 1. The summed E-state index contributed by atoms with van der Waals surface area (Å²) >= 11 is 3.08. The summed E-state index contributed by atoms with van der Waals surface area (Å²) in [7, 11) is 0. The van der Waals surface area contributed by atoms with E-state index in [0.717, 1.165) is 28.6 Å². The molecule has 10 nitrogen and oxygen atoms in total. The Morgan fingerprint density at radius 1 is 1.42 bits per heavy atom. The molecule has 0 radical (unpaired) electrons. The average molecular weight is 467 g/mol. The lowest BCUT2D eigenvalue weighted by Crippen LogP contribution is -2.63. The summed E-state index contributed by atoms with van der Waals surface area (Å²) in [6.07, 6.45) is 0.0601. The van der Waals surface area contributed by atoms with Crippen LogP contribution in [0.3, 0.4) is 0 Å². The molecule has 0 spiro atoms. The number of nitrogen functional groups attached to an aromatic ring is 2. The number of carbonyl (C=O) groups excluding carboxylic acids is 1. The van der Waals surface area contributed by atoms with E-state index in [1.807, 2.05) is 6.92 Å². The quantitative estimate of drug-likeness (QED) is 0.214. The number of aliphatic carboxylic acids is 1. The van der Waals surface area contributed by atoms with Crippen molar-refractivity contribution in [2.24, 2.45) is 11.8 Å². The van der Waals surface area contributed by atoms with Crippen molar-refractivity contribution in [1.82, 2.24) is 20.2 Å². The van der Waals surface area contributed by atoms with Gasteiger partial charge >= 0.3 is 5.97 Å². The maximum Gasteiger partial charge on any atom is 0.353 e. The number of carboxylic acids is 1. The Bertz CT molecular complexity index is 922. The molecule has 2 fully saturated rings. The number of aliphatic hydroxyl groups is 1. The number of carbonyl (C=O) groups is 2. The Labute approximate surface area is 188 Å². The summed E-state index contributed by atoms with van der Waals surface area (Å²) in [5.41, 5.74) is 11.4. The molecular weight excluding hydrogens is 440 g/mol. The third-order valence-electron chi connectivity index (χ3n) is 5.96. The number of thioether (sulfide) groups is 2. The maximum atomic E-state index is 12.5. The fourth-order valence-electron chi connectivity index (χ4n) is 4.58. The summed E-state index contributed by atoms with van der Waals surface area (Å²) in [6, 6.07) is 1.64. The standard InChI is InChI=1S/C19H26N6O4S2/c1-7-14-13(8(2)26)17(27)25(14)15(18(28)29)16(7)31-10-3-9(22-5-10)6-30-12-4-11(20)23-19(21)24-12/h4,7-10,13-14,22,26H,3,5-6H2,1-2H3,(H,28,29)(H4,20,21,23,24)/t7-,8-,9+,10+,13-,14-/m1/s1. The van der Waals surface area contributed by atoms with Crippen molar-refractivity contribution in [3.8, 4) is 0 Å². The second-order valence-corrected chi connectivity index (χ2v) is 10.5. The van der Waals surface area contributed by atoms with Gasteiger partial charge in [0.1, 0.15) is 16.5 Å². The molecule has 2 saturated heterocycles. The molecule has 4 heterocycles. The molecule has 12 heteroatoms. The summed E-state index contributed by atoms with van der Waals surface area (Å²) in [4.78, 5) is 34.5. The highest BCUT2D eigenvalue weighted by molar-refractivity contribution is 8.03. The number of carboxylic acid groups (broad SMARTS) is 1. The minimum absolute atomic E-state index is 0.0779. The SMILES string of the molecule is C[C@@H](O)[C@H]1C(=O)N2C(C(=O)O)=C(S[C@@H]3CN[C@H](CSc4cc(N)nc(N)n4)C3)[C@H](C)[C@H]12. The number of rotatable bonds is 7. The molecule has 3 aliphatic heterocycles. The minimum atomic E-state index is -1.09. The Kier molecular flexibility index (Phi) is 6.08. The van der Waals surface area contributed by atoms with Gasteiger partial charge in [-0.15, -0.1) is 23.5 Å². The molecule has 31 heavy (non-hydrogen) atoms. The van der Waals surface area contributed by atoms with Crippen molar-refractivity contribution >= 4 is 47.2 Å². The summed E-state index contributed by atoms with van der Waals surface area (Å²) in [5, 5.41) is 24.1. The van der Waals surface area contributed by atoms with Crippen LogP contribution in [0.5, 0.6) is 0 Å². The molecule has 3 aliphatic rings. The molecule has 4 rings (SSSR count). The van der Waals surface area contributed by atoms with E-state index in [4.69, 9.17) is 11.5 Å². The normalized spacial score (nSPS) is 31.0. The van der Waals surface area contributed by atoms with Gasteiger partial charge in [-0.1, -0.05) is 6.92 Å². The number of amides is 1. The number of hydrogen-bond donors (Lipinski definition) is 5. The van der Waals surface area contributed by atoms with Gasteiger partial charge in [0.2, 0.25) is 11.9 Å². The van der Waals surface area contributed by atoms with Gasteiger partial charge in [-0.05, 0) is 13.3 Å². The van der Waals surface area contributed by atoms with E-state index < -0.39 is 18.0 Å². The lowest BCUT2D eigenvalue weighted by molar-refractivity contribution is -0.163. The lowest BCUT2D eigenvalue weighted by atomic mass is 9.79. The fraction of sp³-hybridized carbons (Fsp3) is 0.579. The molecule has 0 unspecified atom stereocenters. The van der Waals surface area contributed by atoms with Gasteiger partial charge in [0, 0.05) is 40.5 Å². The fourth-order valence-corrected chi connectivity index (χ4v) is 7.08. The maximum absolute atomic E-state index is 12.5. The number of aliphatic hydroxyl groups excluding tert-OH is 1. The molecule has 6 atom stereocenters. The van der Waals surface area contributed by atoms with Gasteiger partial charge in [0.05, 0.1) is 18.1 Å². The van der Waals surface area contributed by atoms with Crippen LogP contribution in [0.4, 0.5) is 11.8 Å². The van der Waals surface area contributed by atoms with Crippen LogP contribution in [0.25, 0.3) is 0 Å². The number of nitrogens with zero attached hydrogens (tertiary/aromatic N) is 3. The third-order valence-corrected chi connectivity index (χ3v) is 8.54. The van der Waals surface area contributed by atoms with Gasteiger partial charge in [0.25, 0.3) is 0 Å². The van der Waals surface area contributed by atoms with Crippen LogP contribution in [-0.4, -0.2) is 72.7 Å². The zero-order chi connectivity index (χ0) is 22.4. The zero-order valence-electron chi connectivity index (χ0n) is 17.2. The Hall–Kier alpha value is -2.02. The molecular formula is C19H26N6O4S2. The molecule has 0 aromatic carbocycles. The molecule has 168 valence electrons. The van der Waals surface area contributed by atoms with Crippen molar-refractivity contribution in [2.75, 3.05) is 23.8 Å². The molecule has 1 aromatic rings. The predicted octanol–water partition coefficient (Wildman–Crippen LogP) is 0.351. The van der Waals surface area contributed by atoms with E-state index in [-0.39, 0.29) is 40.8 Å². The number of nitrogens with two attached hydrogens (primary N) is 2. The molecule has 7 N–H and O–H groups in total. The summed E-state index contributed by atoms with van der Waals surface area (Å²) in [5.74, 6) is -0.803. The first kappa shape index (κ1) is 22.2. The van der Waals surface area contributed by atoms with E-state index in [2.05, 4.69) is 15.3 Å². The van der Waals surface area contributed by atoms with Crippen LogP contribution in [0.1, 0.15) is 20.3 Å². The number of β-lactam (4-membered cyclic amide) rings is 1. The van der Waals surface area contributed by atoms with E-state index in [1.165, 1.54) is 16.7 Å². The molecule has 0 aliphatic carbocycles. The topological polar surface area (TPSA) is 168 Å². The zero-order valence-corrected chi connectivity index (χ0v) is 18.8. The van der Waals surface area contributed by atoms with Gasteiger partial charge in [-0.2, -0.15) is 4.98 Å². The van der Waals surface area contributed by atoms with Crippen molar-refractivity contribution in [1.29, 1.82) is 0 Å². The van der Waals surface area contributed by atoms with Gasteiger partial charge in [0.15, 0.2) is 0 Å². The highest BCUT2D eigenvalue weighted by atomic mass is 32.2. The molecule has 1 aromatic heterocycles. The highest BCUT2D eigenvalue weighted by Gasteiger charge is 2.60. The number of aromatic nitrogens is 2. The van der Waals surface area contributed by atoms with E-state index in [9.17, 15) is 19.8 Å². The largest absolute Gasteiger partial charge is 0.477 e.